The van der Waals surface area contributed by atoms with Crippen LogP contribution < -0.4 is 5.32 Å². The summed E-state index contributed by atoms with van der Waals surface area (Å²) < 4.78 is 5.45. The third-order valence-electron chi connectivity index (χ3n) is 6.69. The Bertz CT molecular complexity index is 770. The van der Waals surface area contributed by atoms with Crippen LogP contribution in [0, 0.1) is 5.92 Å². The summed E-state index contributed by atoms with van der Waals surface area (Å²) in [5, 5.41) is 13.5. The third-order valence-corrected chi connectivity index (χ3v) is 6.69. The molecule has 2 N–H and O–H groups in total. The zero-order valence-electron chi connectivity index (χ0n) is 17.8. The number of ether oxygens (including phenoxy) is 1. The SMILES string of the molecule is C[C@H]1CC(=O)N(Cc2ccc(C(=O)NC3CCN(C4CCOCC4)CC3)cc2O)C1. The Morgan fingerprint density at radius 1 is 1.20 bits per heavy atom. The van der Waals surface area contributed by atoms with Crippen molar-refractivity contribution in [2.45, 2.75) is 57.7 Å². The number of likely N-dealkylation sites (tertiary alicyclic amines) is 2. The van der Waals surface area contributed by atoms with E-state index in [1.807, 2.05) is 0 Å². The summed E-state index contributed by atoms with van der Waals surface area (Å²) in [5.74, 6) is 0.398. The Hall–Kier alpha value is -2.12. The molecule has 0 aliphatic carbocycles. The lowest BCUT2D eigenvalue weighted by atomic mass is 9.99. The zero-order valence-corrected chi connectivity index (χ0v) is 17.8. The van der Waals surface area contributed by atoms with E-state index in [2.05, 4.69) is 17.1 Å². The molecule has 4 rings (SSSR count). The van der Waals surface area contributed by atoms with Gasteiger partial charge in [0.15, 0.2) is 0 Å². The molecule has 1 aromatic rings. The summed E-state index contributed by atoms with van der Waals surface area (Å²) >= 11 is 0. The first-order valence-corrected chi connectivity index (χ1v) is 11.2. The van der Waals surface area contributed by atoms with Gasteiger partial charge in [0, 0.05) is 69.0 Å². The van der Waals surface area contributed by atoms with Gasteiger partial charge in [-0.25, -0.2) is 0 Å². The van der Waals surface area contributed by atoms with Crippen LogP contribution in [0.2, 0.25) is 0 Å². The van der Waals surface area contributed by atoms with E-state index in [9.17, 15) is 14.7 Å². The minimum Gasteiger partial charge on any atom is -0.508 e. The number of phenolic OH excluding ortho intramolecular Hbond substituents is 1. The maximum absolute atomic E-state index is 12.7. The summed E-state index contributed by atoms with van der Waals surface area (Å²) in [4.78, 5) is 29.0. The number of nitrogens with one attached hydrogen (secondary N) is 1. The van der Waals surface area contributed by atoms with Gasteiger partial charge in [0.05, 0.1) is 0 Å². The molecule has 2 amide bonds. The number of carbonyl (C=O) groups excluding carboxylic acids is 2. The Morgan fingerprint density at radius 2 is 1.93 bits per heavy atom. The molecule has 3 heterocycles. The highest BCUT2D eigenvalue weighted by Crippen LogP contribution is 2.25. The van der Waals surface area contributed by atoms with Crippen molar-refractivity contribution in [1.82, 2.24) is 15.1 Å². The monoisotopic (exact) mass is 415 g/mol. The molecule has 1 atom stereocenters. The van der Waals surface area contributed by atoms with Gasteiger partial charge in [0.25, 0.3) is 5.91 Å². The van der Waals surface area contributed by atoms with Crippen molar-refractivity contribution in [2.24, 2.45) is 5.92 Å². The van der Waals surface area contributed by atoms with Crippen molar-refractivity contribution >= 4 is 11.8 Å². The van der Waals surface area contributed by atoms with Crippen LogP contribution in [-0.4, -0.2) is 71.7 Å². The molecule has 3 fully saturated rings. The highest BCUT2D eigenvalue weighted by molar-refractivity contribution is 5.95. The molecule has 3 aliphatic heterocycles. The van der Waals surface area contributed by atoms with Gasteiger partial charge in [-0.1, -0.05) is 13.0 Å². The Balaban J connectivity index is 1.28. The van der Waals surface area contributed by atoms with Gasteiger partial charge >= 0.3 is 0 Å². The van der Waals surface area contributed by atoms with Crippen molar-refractivity contribution in [3.63, 3.8) is 0 Å². The first-order valence-electron chi connectivity index (χ1n) is 11.2. The Morgan fingerprint density at radius 3 is 2.57 bits per heavy atom. The molecule has 30 heavy (non-hydrogen) atoms. The maximum Gasteiger partial charge on any atom is 0.251 e. The first-order chi connectivity index (χ1) is 14.5. The number of nitrogens with zero attached hydrogens (tertiary/aromatic N) is 2. The number of benzene rings is 1. The normalized spacial score (nSPS) is 24.4. The van der Waals surface area contributed by atoms with Crippen LogP contribution in [0.3, 0.4) is 0 Å². The van der Waals surface area contributed by atoms with E-state index in [4.69, 9.17) is 4.74 Å². The largest absolute Gasteiger partial charge is 0.508 e. The predicted molar refractivity (Wildman–Crippen MR) is 113 cm³/mol. The fraction of sp³-hybridized carbons (Fsp3) is 0.652. The maximum atomic E-state index is 12.7. The van der Waals surface area contributed by atoms with Crippen LogP contribution in [-0.2, 0) is 16.1 Å². The molecule has 0 spiro atoms. The molecule has 0 radical (unpaired) electrons. The lowest BCUT2D eigenvalue weighted by molar-refractivity contribution is -0.128. The predicted octanol–water partition coefficient (Wildman–Crippen LogP) is 2.13. The van der Waals surface area contributed by atoms with Gasteiger partial charge in [-0.15, -0.1) is 0 Å². The molecule has 3 saturated heterocycles. The van der Waals surface area contributed by atoms with E-state index in [0.29, 0.717) is 42.6 Å². The van der Waals surface area contributed by atoms with Gasteiger partial charge in [0.2, 0.25) is 5.91 Å². The van der Waals surface area contributed by atoms with Gasteiger partial charge in [-0.3, -0.25) is 9.59 Å². The minimum atomic E-state index is -0.146. The molecule has 0 saturated carbocycles. The summed E-state index contributed by atoms with van der Waals surface area (Å²) in [6, 6.07) is 5.80. The second kappa shape index (κ2) is 9.35. The van der Waals surface area contributed by atoms with Crippen molar-refractivity contribution in [1.29, 1.82) is 0 Å². The van der Waals surface area contributed by atoms with E-state index in [-0.39, 0.29) is 23.6 Å². The van der Waals surface area contributed by atoms with Crippen LogP contribution in [0.5, 0.6) is 5.75 Å². The van der Waals surface area contributed by atoms with Crippen molar-refractivity contribution < 1.29 is 19.4 Å². The number of piperidine rings is 1. The third kappa shape index (κ3) is 4.95. The number of hydrogen-bond donors (Lipinski definition) is 2. The van der Waals surface area contributed by atoms with Gasteiger partial charge in [-0.05, 0) is 43.7 Å². The average molecular weight is 416 g/mol. The molecule has 0 unspecified atom stereocenters. The molecule has 0 bridgehead atoms. The topological polar surface area (TPSA) is 82.1 Å². The molecular weight excluding hydrogens is 382 g/mol. The van der Waals surface area contributed by atoms with E-state index < -0.39 is 0 Å². The van der Waals surface area contributed by atoms with E-state index in [1.165, 1.54) is 6.07 Å². The summed E-state index contributed by atoms with van der Waals surface area (Å²) in [5.41, 5.74) is 1.14. The van der Waals surface area contributed by atoms with Gasteiger partial charge in [-0.2, -0.15) is 0 Å². The van der Waals surface area contributed by atoms with Crippen molar-refractivity contribution in [2.75, 3.05) is 32.8 Å². The molecular formula is C23H33N3O4. The Kier molecular flexibility index (Phi) is 6.58. The minimum absolute atomic E-state index is 0.0735. The lowest BCUT2D eigenvalue weighted by Crippen LogP contribution is -2.49. The van der Waals surface area contributed by atoms with E-state index in [1.54, 1.807) is 17.0 Å². The summed E-state index contributed by atoms with van der Waals surface area (Å²) in [6.07, 6.45) is 4.66. The molecule has 0 aromatic heterocycles. The smallest absolute Gasteiger partial charge is 0.251 e. The highest BCUT2D eigenvalue weighted by atomic mass is 16.5. The fourth-order valence-electron chi connectivity index (χ4n) is 4.89. The number of carbonyl (C=O) groups is 2. The second-order valence-corrected chi connectivity index (χ2v) is 9.05. The molecule has 3 aliphatic rings. The number of phenols is 1. The average Bonchev–Trinajstić information content (AvgIpc) is 3.07. The van der Waals surface area contributed by atoms with Gasteiger partial charge < -0.3 is 25.0 Å². The van der Waals surface area contributed by atoms with Crippen molar-refractivity contribution in [3.8, 4) is 5.75 Å². The van der Waals surface area contributed by atoms with Crippen molar-refractivity contribution in [3.05, 3.63) is 29.3 Å². The fourth-order valence-corrected chi connectivity index (χ4v) is 4.89. The van der Waals surface area contributed by atoms with Gasteiger partial charge in [0.1, 0.15) is 5.75 Å². The quantitative estimate of drug-likeness (QED) is 0.770. The standard InChI is InChI=1S/C23H33N3O4/c1-16-12-22(28)26(14-16)15-18-3-2-17(13-21(18)27)23(29)24-19-4-8-25(9-5-19)20-6-10-30-11-7-20/h2-3,13,16,19-20,27H,4-12,14-15H2,1H3,(H,24,29)/t16-/m0/s1. The summed E-state index contributed by atoms with van der Waals surface area (Å²) in [7, 11) is 0. The highest BCUT2D eigenvalue weighted by Gasteiger charge is 2.28. The van der Waals surface area contributed by atoms with Crippen LogP contribution in [0.15, 0.2) is 18.2 Å². The van der Waals surface area contributed by atoms with E-state index >= 15 is 0 Å². The van der Waals surface area contributed by atoms with Crippen LogP contribution in [0.4, 0.5) is 0 Å². The molecule has 7 nitrogen and oxygen atoms in total. The molecule has 1 aromatic carbocycles. The van der Waals surface area contributed by atoms with Crippen LogP contribution in [0.1, 0.15) is 54.9 Å². The number of aromatic hydroxyl groups is 1. The van der Waals surface area contributed by atoms with E-state index in [0.717, 1.165) is 52.0 Å². The van der Waals surface area contributed by atoms with Crippen LogP contribution >= 0.6 is 0 Å². The van der Waals surface area contributed by atoms with Crippen LogP contribution in [0.25, 0.3) is 0 Å². The molecule has 7 heteroatoms. The summed E-state index contributed by atoms with van der Waals surface area (Å²) in [6.45, 7) is 6.87. The number of hydrogen-bond acceptors (Lipinski definition) is 5. The molecule has 164 valence electrons. The second-order valence-electron chi connectivity index (χ2n) is 9.05. The lowest BCUT2D eigenvalue weighted by Gasteiger charge is -2.39. The number of rotatable bonds is 5. The number of amides is 2. The first kappa shape index (κ1) is 21.1. The zero-order chi connectivity index (χ0) is 21.1. The Labute approximate surface area is 178 Å².